The molecule has 1 aromatic rings. The summed E-state index contributed by atoms with van der Waals surface area (Å²) in [6.45, 7) is 3.82. The monoisotopic (exact) mass is 296 g/mol. The van der Waals surface area contributed by atoms with Crippen LogP contribution in [0.15, 0.2) is 18.2 Å². The molecule has 0 aromatic heterocycles. The topological polar surface area (TPSA) is 102 Å². The predicted molar refractivity (Wildman–Crippen MR) is 77.4 cm³/mol. The number of nitrogens with zero attached hydrogens (tertiary/aromatic N) is 1. The molecule has 1 aromatic carbocycles. The van der Waals surface area contributed by atoms with Crippen LogP contribution in [0.2, 0.25) is 0 Å². The standard InChI is InChI=1S/C14H20N2O5/c1-9(2)6-11(8-17)15-14(18)10-4-5-12(16(19)20)13(7-10)21-3/h4-5,7,9,11,17H,6,8H2,1-3H3,(H,15,18). The molecule has 0 saturated carbocycles. The van der Waals surface area contributed by atoms with Crippen LogP contribution in [-0.4, -0.2) is 35.7 Å². The van der Waals surface area contributed by atoms with Gasteiger partial charge in [0.25, 0.3) is 5.91 Å². The van der Waals surface area contributed by atoms with Crippen LogP contribution in [0.1, 0.15) is 30.6 Å². The molecule has 116 valence electrons. The Morgan fingerprint density at radius 3 is 2.62 bits per heavy atom. The molecule has 0 aliphatic carbocycles. The fourth-order valence-corrected chi connectivity index (χ4v) is 1.99. The van der Waals surface area contributed by atoms with Gasteiger partial charge in [0.2, 0.25) is 0 Å². The van der Waals surface area contributed by atoms with Crippen molar-refractivity contribution in [3.63, 3.8) is 0 Å². The van der Waals surface area contributed by atoms with E-state index >= 15 is 0 Å². The van der Waals surface area contributed by atoms with Gasteiger partial charge in [-0.1, -0.05) is 13.8 Å². The SMILES string of the molecule is COc1cc(C(=O)NC(CO)CC(C)C)ccc1[N+](=O)[O-]. The van der Waals surface area contributed by atoms with Crippen LogP contribution in [0, 0.1) is 16.0 Å². The van der Waals surface area contributed by atoms with Gasteiger partial charge in [-0.15, -0.1) is 0 Å². The molecular weight excluding hydrogens is 276 g/mol. The molecule has 1 rings (SSSR count). The zero-order valence-corrected chi connectivity index (χ0v) is 12.3. The Balaban J connectivity index is 2.90. The molecule has 21 heavy (non-hydrogen) atoms. The van der Waals surface area contributed by atoms with E-state index < -0.39 is 10.8 Å². The Morgan fingerprint density at radius 2 is 2.14 bits per heavy atom. The van der Waals surface area contributed by atoms with Gasteiger partial charge in [0.1, 0.15) is 0 Å². The number of rotatable bonds is 7. The number of nitrogens with one attached hydrogen (secondary N) is 1. The number of hydrogen-bond acceptors (Lipinski definition) is 5. The average molecular weight is 296 g/mol. The lowest BCUT2D eigenvalue weighted by Gasteiger charge is -2.18. The summed E-state index contributed by atoms with van der Waals surface area (Å²) in [5.41, 5.74) is 0.0506. The molecule has 0 heterocycles. The smallest absolute Gasteiger partial charge is 0.310 e. The maximum Gasteiger partial charge on any atom is 0.310 e. The van der Waals surface area contributed by atoms with E-state index in [-0.39, 0.29) is 29.6 Å². The second-order valence-electron chi connectivity index (χ2n) is 5.13. The molecule has 2 N–H and O–H groups in total. The Hall–Kier alpha value is -2.15. The number of carbonyl (C=O) groups is 1. The van der Waals surface area contributed by atoms with E-state index in [2.05, 4.69) is 5.32 Å². The zero-order chi connectivity index (χ0) is 16.0. The Bertz CT molecular complexity index is 516. The highest BCUT2D eigenvalue weighted by molar-refractivity contribution is 5.95. The number of methoxy groups -OCH3 is 1. The molecule has 1 amide bonds. The highest BCUT2D eigenvalue weighted by atomic mass is 16.6. The van der Waals surface area contributed by atoms with Gasteiger partial charge in [-0.05, 0) is 18.4 Å². The van der Waals surface area contributed by atoms with E-state index in [1.165, 1.54) is 25.3 Å². The van der Waals surface area contributed by atoms with E-state index in [4.69, 9.17) is 4.74 Å². The predicted octanol–water partition coefficient (Wildman–Crippen LogP) is 1.74. The third-order valence-corrected chi connectivity index (χ3v) is 2.95. The van der Waals surface area contributed by atoms with Gasteiger partial charge in [-0.3, -0.25) is 14.9 Å². The van der Waals surface area contributed by atoms with Gasteiger partial charge in [0, 0.05) is 17.7 Å². The number of amides is 1. The van der Waals surface area contributed by atoms with Gasteiger partial charge in [0.15, 0.2) is 5.75 Å². The third kappa shape index (κ3) is 4.71. The molecule has 1 atom stereocenters. The van der Waals surface area contributed by atoms with Crippen molar-refractivity contribution < 1.29 is 19.6 Å². The third-order valence-electron chi connectivity index (χ3n) is 2.95. The lowest BCUT2D eigenvalue weighted by atomic mass is 10.0. The highest BCUT2D eigenvalue weighted by Gasteiger charge is 2.19. The zero-order valence-electron chi connectivity index (χ0n) is 12.3. The second-order valence-corrected chi connectivity index (χ2v) is 5.13. The molecule has 7 heteroatoms. The second kappa shape index (κ2) is 7.58. The largest absolute Gasteiger partial charge is 0.490 e. The normalized spacial score (nSPS) is 12.0. The van der Waals surface area contributed by atoms with E-state index in [0.29, 0.717) is 12.3 Å². The molecule has 0 aliphatic rings. The number of ether oxygens (including phenoxy) is 1. The molecular formula is C14H20N2O5. The summed E-state index contributed by atoms with van der Waals surface area (Å²) in [6, 6.07) is 3.56. The molecule has 0 fully saturated rings. The average Bonchev–Trinajstić information content (AvgIpc) is 2.44. The quantitative estimate of drug-likeness (QED) is 0.589. The Labute approximate surface area is 123 Å². The van der Waals surface area contributed by atoms with Crippen LogP contribution in [0.25, 0.3) is 0 Å². The van der Waals surface area contributed by atoms with E-state index in [1.54, 1.807) is 0 Å². The van der Waals surface area contributed by atoms with Crippen LogP contribution >= 0.6 is 0 Å². The van der Waals surface area contributed by atoms with Crippen molar-refractivity contribution >= 4 is 11.6 Å². The van der Waals surface area contributed by atoms with Crippen molar-refractivity contribution in [2.45, 2.75) is 26.3 Å². The molecule has 0 spiro atoms. The first-order valence-electron chi connectivity index (χ1n) is 6.63. The van der Waals surface area contributed by atoms with Crippen molar-refractivity contribution in [2.24, 2.45) is 5.92 Å². The van der Waals surface area contributed by atoms with Gasteiger partial charge in [0.05, 0.1) is 24.7 Å². The highest BCUT2D eigenvalue weighted by Crippen LogP contribution is 2.27. The van der Waals surface area contributed by atoms with Gasteiger partial charge < -0.3 is 15.2 Å². The molecule has 0 bridgehead atoms. The summed E-state index contributed by atoms with van der Waals surface area (Å²) in [6.07, 6.45) is 0.645. The lowest BCUT2D eigenvalue weighted by Crippen LogP contribution is -2.38. The van der Waals surface area contributed by atoms with Crippen molar-refractivity contribution in [3.8, 4) is 5.75 Å². The molecule has 0 saturated heterocycles. The number of nitro benzene ring substituents is 1. The van der Waals surface area contributed by atoms with Gasteiger partial charge in [-0.2, -0.15) is 0 Å². The fraction of sp³-hybridized carbons (Fsp3) is 0.500. The summed E-state index contributed by atoms with van der Waals surface area (Å²) < 4.78 is 4.92. The number of carbonyl (C=O) groups excluding carboxylic acids is 1. The van der Waals surface area contributed by atoms with Crippen LogP contribution in [0.5, 0.6) is 5.75 Å². The summed E-state index contributed by atoms with van der Waals surface area (Å²) in [4.78, 5) is 22.3. The maximum absolute atomic E-state index is 12.1. The minimum absolute atomic E-state index is 0.0251. The molecule has 0 aliphatic heterocycles. The van der Waals surface area contributed by atoms with Crippen LogP contribution in [0.4, 0.5) is 5.69 Å². The number of benzene rings is 1. The Morgan fingerprint density at radius 1 is 1.48 bits per heavy atom. The number of hydrogen-bond donors (Lipinski definition) is 2. The first-order chi connectivity index (χ1) is 9.88. The van der Waals surface area contributed by atoms with E-state index in [0.717, 1.165) is 0 Å². The summed E-state index contributed by atoms with van der Waals surface area (Å²) in [7, 11) is 1.30. The van der Waals surface area contributed by atoms with Crippen molar-refractivity contribution in [2.75, 3.05) is 13.7 Å². The van der Waals surface area contributed by atoms with Gasteiger partial charge >= 0.3 is 5.69 Å². The van der Waals surface area contributed by atoms with Crippen molar-refractivity contribution in [3.05, 3.63) is 33.9 Å². The first-order valence-corrected chi connectivity index (χ1v) is 6.63. The maximum atomic E-state index is 12.1. The van der Waals surface area contributed by atoms with E-state index in [9.17, 15) is 20.0 Å². The lowest BCUT2D eigenvalue weighted by molar-refractivity contribution is -0.385. The first kappa shape index (κ1) is 16.9. The summed E-state index contributed by atoms with van der Waals surface area (Å²) in [5.74, 6) is -0.0474. The number of aliphatic hydroxyl groups excluding tert-OH is 1. The van der Waals surface area contributed by atoms with Crippen LogP contribution in [0.3, 0.4) is 0 Å². The van der Waals surface area contributed by atoms with Crippen LogP contribution < -0.4 is 10.1 Å². The van der Waals surface area contributed by atoms with E-state index in [1.807, 2.05) is 13.8 Å². The van der Waals surface area contributed by atoms with Crippen molar-refractivity contribution in [1.82, 2.24) is 5.32 Å². The molecule has 1 unspecified atom stereocenters. The molecule has 7 nitrogen and oxygen atoms in total. The Kier molecular flexibility index (Phi) is 6.10. The summed E-state index contributed by atoms with van der Waals surface area (Å²) >= 11 is 0. The van der Waals surface area contributed by atoms with Crippen molar-refractivity contribution in [1.29, 1.82) is 0 Å². The molecule has 0 radical (unpaired) electrons. The van der Waals surface area contributed by atoms with Crippen LogP contribution in [-0.2, 0) is 0 Å². The number of aliphatic hydroxyl groups is 1. The fourth-order valence-electron chi connectivity index (χ4n) is 1.99. The summed E-state index contributed by atoms with van der Waals surface area (Å²) in [5, 5.41) is 22.8. The van der Waals surface area contributed by atoms with Gasteiger partial charge in [-0.25, -0.2) is 0 Å². The minimum Gasteiger partial charge on any atom is -0.490 e. The number of nitro groups is 1. The minimum atomic E-state index is -0.574.